The molecule has 1 rings (SSSR count). The van der Waals surface area contributed by atoms with Crippen molar-refractivity contribution < 1.29 is 9.13 Å². The van der Waals surface area contributed by atoms with Crippen molar-refractivity contribution in [2.75, 3.05) is 39.9 Å². The number of rotatable bonds is 11. The average Bonchev–Trinajstić information content (AvgIpc) is 2.51. The Morgan fingerprint density at radius 1 is 1.33 bits per heavy atom. The third-order valence-electron chi connectivity index (χ3n) is 3.54. The van der Waals surface area contributed by atoms with Crippen LogP contribution >= 0.6 is 0 Å². The molecule has 5 heteroatoms. The molecule has 0 amide bonds. The van der Waals surface area contributed by atoms with Gasteiger partial charge in [0.05, 0.1) is 24.5 Å². The Hall–Kier alpha value is -1.04. The minimum Gasteiger partial charge on any atom is -0.383 e. The van der Waals surface area contributed by atoms with E-state index in [2.05, 4.69) is 29.0 Å². The molecule has 1 atom stereocenters. The van der Waals surface area contributed by atoms with E-state index < -0.39 is 0 Å². The van der Waals surface area contributed by atoms with Crippen molar-refractivity contribution in [2.24, 2.45) is 0 Å². The number of nitrogens with zero attached hydrogens (tertiary/aromatic N) is 2. The highest BCUT2D eigenvalue weighted by Gasteiger charge is 2.14. The van der Waals surface area contributed by atoms with E-state index in [9.17, 15) is 4.39 Å². The summed E-state index contributed by atoms with van der Waals surface area (Å²) in [5, 5.41) is 3.50. The number of aromatic nitrogens is 1. The van der Waals surface area contributed by atoms with Gasteiger partial charge in [0.1, 0.15) is 5.82 Å². The van der Waals surface area contributed by atoms with E-state index in [0.29, 0.717) is 0 Å². The molecular formula is C16H28FN3O. The Morgan fingerprint density at radius 2 is 2.14 bits per heavy atom. The normalized spacial score (nSPS) is 12.8. The molecule has 120 valence electrons. The van der Waals surface area contributed by atoms with Crippen molar-refractivity contribution >= 4 is 0 Å². The van der Waals surface area contributed by atoms with Crippen molar-refractivity contribution in [3.05, 3.63) is 29.8 Å². The van der Waals surface area contributed by atoms with Gasteiger partial charge in [-0.25, -0.2) is 4.39 Å². The second-order valence-electron chi connectivity index (χ2n) is 5.12. The van der Waals surface area contributed by atoms with Gasteiger partial charge < -0.3 is 15.0 Å². The van der Waals surface area contributed by atoms with Gasteiger partial charge in [0, 0.05) is 20.2 Å². The number of nitrogens with one attached hydrogen (secondary N) is 1. The molecule has 1 aromatic heterocycles. The van der Waals surface area contributed by atoms with Crippen LogP contribution < -0.4 is 5.32 Å². The molecule has 1 aromatic rings. The molecular weight excluding hydrogens is 269 g/mol. The van der Waals surface area contributed by atoms with E-state index in [0.717, 1.165) is 51.3 Å². The molecule has 0 bridgehead atoms. The summed E-state index contributed by atoms with van der Waals surface area (Å²) in [4.78, 5) is 6.57. The van der Waals surface area contributed by atoms with Gasteiger partial charge in [-0.3, -0.25) is 4.98 Å². The van der Waals surface area contributed by atoms with Crippen LogP contribution in [-0.4, -0.2) is 49.8 Å². The minimum atomic E-state index is -0.289. The third kappa shape index (κ3) is 6.98. The molecule has 4 nitrogen and oxygen atoms in total. The molecule has 0 aliphatic carbocycles. The van der Waals surface area contributed by atoms with Crippen LogP contribution in [-0.2, 0) is 4.74 Å². The van der Waals surface area contributed by atoms with Crippen LogP contribution in [0.25, 0.3) is 0 Å². The molecule has 21 heavy (non-hydrogen) atoms. The maximum atomic E-state index is 13.0. The van der Waals surface area contributed by atoms with Crippen LogP contribution in [0.5, 0.6) is 0 Å². The van der Waals surface area contributed by atoms with E-state index in [-0.39, 0.29) is 11.9 Å². The summed E-state index contributed by atoms with van der Waals surface area (Å²) in [6, 6.07) is 3.42. The summed E-state index contributed by atoms with van der Waals surface area (Å²) >= 11 is 0. The van der Waals surface area contributed by atoms with Gasteiger partial charge >= 0.3 is 0 Å². The molecule has 0 saturated carbocycles. The van der Waals surface area contributed by atoms with Gasteiger partial charge in [-0.05, 0) is 38.1 Å². The topological polar surface area (TPSA) is 37.4 Å². The van der Waals surface area contributed by atoms with Gasteiger partial charge in [0.15, 0.2) is 0 Å². The molecule has 0 radical (unpaired) electrons. The maximum Gasteiger partial charge on any atom is 0.141 e. The lowest BCUT2D eigenvalue weighted by atomic mass is 10.1. The molecule has 0 fully saturated rings. The average molecular weight is 297 g/mol. The van der Waals surface area contributed by atoms with Crippen molar-refractivity contribution in [1.29, 1.82) is 0 Å². The second kappa shape index (κ2) is 10.7. The minimum absolute atomic E-state index is 0.169. The molecule has 0 spiro atoms. The van der Waals surface area contributed by atoms with Gasteiger partial charge in [-0.1, -0.05) is 13.8 Å². The fraction of sp³-hybridized carbons (Fsp3) is 0.688. The summed E-state index contributed by atoms with van der Waals surface area (Å²) in [7, 11) is 1.72. The highest BCUT2D eigenvalue weighted by molar-refractivity contribution is 5.10. The van der Waals surface area contributed by atoms with Crippen LogP contribution in [0.3, 0.4) is 0 Å². The zero-order valence-corrected chi connectivity index (χ0v) is 13.4. The predicted molar refractivity (Wildman–Crippen MR) is 83.8 cm³/mol. The number of halogens is 1. The van der Waals surface area contributed by atoms with Crippen LogP contribution in [0.1, 0.15) is 38.4 Å². The Morgan fingerprint density at radius 3 is 2.71 bits per heavy atom. The van der Waals surface area contributed by atoms with Crippen LogP contribution in [0.15, 0.2) is 18.3 Å². The van der Waals surface area contributed by atoms with Gasteiger partial charge in [0.2, 0.25) is 0 Å². The lowest BCUT2D eigenvalue weighted by Crippen LogP contribution is -2.32. The highest BCUT2D eigenvalue weighted by Crippen LogP contribution is 2.15. The van der Waals surface area contributed by atoms with Gasteiger partial charge in [-0.2, -0.15) is 0 Å². The number of ether oxygens (including phenoxy) is 1. The van der Waals surface area contributed by atoms with Gasteiger partial charge in [0.25, 0.3) is 0 Å². The predicted octanol–water partition coefficient (Wildman–Crippen LogP) is 2.62. The zero-order valence-electron chi connectivity index (χ0n) is 13.4. The van der Waals surface area contributed by atoms with Crippen molar-refractivity contribution in [3.8, 4) is 0 Å². The van der Waals surface area contributed by atoms with Crippen molar-refractivity contribution in [3.63, 3.8) is 0 Å². The Kier molecular flexibility index (Phi) is 9.14. The van der Waals surface area contributed by atoms with Crippen molar-refractivity contribution in [1.82, 2.24) is 15.2 Å². The van der Waals surface area contributed by atoms with Crippen LogP contribution in [0.2, 0.25) is 0 Å². The number of hydrogen-bond donors (Lipinski definition) is 1. The first kappa shape index (κ1) is 18.0. The number of likely N-dealkylation sites (N-methyl/N-ethyl adjacent to an activating group) is 1. The summed E-state index contributed by atoms with van der Waals surface area (Å²) in [5.41, 5.74) is 0.910. The number of methoxy groups -OCH3 is 1. The summed E-state index contributed by atoms with van der Waals surface area (Å²) in [5.74, 6) is -0.289. The monoisotopic (exact) mass is 297 g/mol. The summed E-state index contributed by atoms with van der Waals surface area (Å²) in [6.07, 6.45) is 3.31. The first-order valence-corrected chi connectivity index (χ1v) is 7.77. The van der Waals surface area contributed by atoms with Crippen LogP contribution in [0.4, 0.5) is 4.39 Å². The van der Waals surface area contributed by atoms with E-state index in [1.807, 2.05) is 0 Å². The largest absolute Gasteiger partial charge is 0.383 e. The first-order chi connectivity index (χ1) is 10.2. The van der Waals surface area contributed by atoms with E-state index >= 15 is 0 Å². The molecule has 0 saturated heterocycles. The molecule has 1 N–H and O–H groups in total. The SMILES string of the molecule is CCCNC(CCN(CC)CCOC)c1ccc(F)cn1. The summed E-state index contributed by atoms with van der Waals surface area (Å²) < 4.78 is 18.1. The fourth-order valence-electron chi connectivity index (χ4n) is 2.23. The van der Waals surface area contributed by atoms with Crippen LogP contribution in [0, 0.1) is 5.82 Å². The molecule has 0 aliphatic rings. The Bertz CT molecular complexity index is 372. The first-order valence-electron chi connectivity index (χ1n) is 7.77. The summed E-state index contributed by atoms with van der Waals surface area (Å²) in [6.45, 7) is 8.88. The second-order valence-corrected chi connectivity index (χ2v) is 5.12. The standard InChI is InChI=1S/C16H28FN3O/c1-4-9-18-16(15-7-6-14(17)13-19-15)8-10-20(5-2)11-12-21-3/h6-7,13,16,18H,4-5,8-12H2,1-3H3. The van der Waals surface area contributed by atoms with Crippen molar-refractivity contribution in [2.45, 2.75) is 32.7 Å². The maximum absolute atomic E-state index is 13.0. The Balaban J connectivity index is 2.58. The number of hydrogen-bond acceptors (Lipinski definition) is 4. The van der Waals surface area contributed by atoms with E-state index in [4.69, 9.17) is 4.74 Å². The van der Waals surface area contributed by atoms with E-state index in [1.54, 1.807) is 13.2 Å². The van der Waals surface area contributed by atoms with Gasteiger partial charge in [-0.15, -0.1) is 0 Å². The third-order valence-corrected chi connectivity index (χ3v) is 3.54. The smallest absolute Gasteiger partial charge is 0.141 e. The molecule has 1 heterocycles. The number of pyridine rings is 1. The quantitative estimate of drug-likeness (QED) is 0.681. The molecule has 1 unspecified atom stereocenters. The fourth-order valence-corrected chi connectivity index (χ4v) is 2.23. The zero-order chi connectivity index (χ0) is 15.5. The lowest BCUT2D eigenvalue weighted by Gasteiger charge is -2.24. The molecule has 0 aliphatic heterocycles. The lowest BCUT2D eigenvalue weighted by molar-refractivity contribution is 0.147. The highest BCUT2D eigenvalue weighted by atomic mass is 19.1. The Labute approximate surface area is 127 Å². The van der Waals surface area contributed by atoms with E-state index in [1.165, 1.54) is 12.3 Å². The molecule has 0 aromatic carbocycles.